The van der Waals surface area contributed by atoms with Crippen LogP contribution in [-0.2, 0) is 14.4 Å². The zero-order valence-corrected chi connectivity index (χ0v) is 10.8. The Morgan fingerprint density at radius 3 is 2.67 bits per heavy atom. The standard InChI is InChI=1S/C12H20N2O4/c1-3-5-6-9(12(17)18)14-7-10(15)13-11(16)8(14)4-2/h8-9H,3-7H2,1-2H3,(H,17,18)(H,13,15,16). The number of carbonyl (C=O) groups is 3. The Labute approximate surface area is 106 Å². The van der Waals surface area contributed by atoms with E-state index in [9.17, 15) is 19.5 Å². The number of unbranched alkanes of at least 4 members (excludes halogenated alkanes) is 1. The summed E-state index contributed by atoms with van der Waals surface area (Å²) in [6.45, 7) is 3.76. The van der Waals surface area contributed by atoms with E-state index in [2.05, 4.69) is 5.32 Å². The van der Waals surface area contributed by atoms with E-state index in [1.165, 1.54) is 4.90 Å². The van der Waals surface area contributed by atoms with Crippen molar-refractivity contribution in [1.29, 1.82) is 0 Å². The molecule has 0 aliphatic carbocycles. The molecule has 2 amide bonds. The first-order valence-corrected chi connectivity index (χ1v) is 6.33. The minimum atomic E-state index is -0.968. The van der Waals surface area contributed by atoms with Gasteiger partial charge in [0.25, 0.3) is 0 Å². The van der Waals surface area contributed by atoms with E-state index in [0.29, 0.717) is 12.8 Å². The average molecular weight is 256 g/mol. The number of imide groups is 1. The Bertz CT molecular complexity index is 343. The molecule has 0 saturated carbocycles. The molecule has 1 aliphatic rings. The average Bonchev–Trinajstić information content (AvgIpc) is 2.28. The van der Waals surface area contributed by atoms with Crippen molar-refractivity contribution < 1.29 is 19.5 Å². The van der Waals surface area contributed by atoms with E-state index < -0.39 is 29.9 Å². The lowest BCUT2D eigenvalue weighted by atomic mass is 10.0. The minimum Gasteiger partial charge on any atom is -0.480 e. The highest BCUT2D eigenvalue weighted by Gasteiger charge is 2.39. The number of piperazine rings is 1. The summed E-state index contributed by atoms with van der Waals surface area (Å²) in [6, 6.07) is -1.29. The van der Waals surface area contributed by atoms with Crippen LogP contribution in [0.15, 0.2) is 0 Å². The van der Waals surface area contributed by atoms with Crippen LogP contribution in [0.4, 0.5) is 0 Å². The monoisotopic (exact) mass is 256 g/mol. The molecule has 0 spiro atoms. The Morgan fingerprint density at radius 2 is 2.17 bits per heavy atom. The molecule has 2 unspecified atom stereocenters. The normalized spacial score (nSPS) is 22.7. The second-order valence-electron chi connectivity index (χ2n) is 4.51. The lowest BCUT2D eigenvalue weighted by molar-refractivity contribution is -0.150. The zero-order valence-electron chi connectivity index (χ0n) is 10.8. The molecule has 2 N–H and O–H groups in total. The molecule has 1 heterocycles. The molecule has 1 rings (SSSR count). The number of carboxylic acids is 1. The number of carbonyl (C=O) groups excluding carboxylic acids is 2. The van der Waals surface area contributed by atoms with Gasteiger partial charge in [-0.1, -0.05) is 26.7 Å². The van der Waals surface area contributed by atoms with Crippen LogP contribution in [0.3, 0.4) is 0 Å². The largest absolute Gasteiger partial charge is 0.480 e. The molecular weight excluding hydrogens is 236 g/mol. The van der Waals surface area contributed by atoms with Crippen LogP contribution in [0, 0.1) is 0 Å². The van der Waals surface area contributed by atoms with Crippen molar-refractivity contribution in [3.8, 4) is 0 Å². The number of amides is 2. The predicted molar refractivity (Wildman–Crippen MR) is 64.9 cm³/mol. The highest BCUT2D eigenvalue weighted by atomic mass is 16.4. The number of nitrogens with one attached hydrogen (secondary N) is 1. The molecule has 0 aromatic rings. The molecule has 6 heteroatoms. The minimum absolute atomic E-state index is 0.0229. The second-order valence-corrected chi connectivity index (χ2v) is 4.51. The van der Waals surface area contributed by atoms with Gasteiger partial charge in [0, 0.05) is 0 Å². The van der Waals surface area contributed by atoms with Crippen LogP contribution in [0.2, 0.25) is 0 Å². The first kappa shape index (κ1) is 14.6. The van der Waals surface area contributed by atoms with Crippen molar-refractivity contribution >= 4 is 17.8 Å². The Kier molecular flexibility index (Phi) is 5.27. The van der Waals surface area contributed by atoms with Gasteiger partial charge in [0.2, 0.25) is 11.8 Å². The molecule has 102 valence electrons. The topological polar surface area (TPSA) is 86.7 Å². The number of rotatable bonds is 6. The second kappa shape index (κ2) is 6.49. The van der Waals surface area contributed by atoms with Gasteiger partial charge in [-0.05, 0) is 12.8 Å². The van der Waals surface area contributed by atoms with Crippen molar-refractivity contribution in [2.24, 2.45) is 0 Å². The van der Waals surface area contributed by atoms with Gasteiger partial charge in [0.1, 0.15) is 6.04 Å². The van der Waals surface area contributed by atoms with Crippen LogP contribution in [-0.4, -0.2) is 46.4 Å². The van der Waals surface area contributed by atoms with Crippen LogP contribution >= 0.6 is 0 Å². The number of nitrogens with zero attached hydrogens (tertiary/aromatic N) is 1. The summed E-state index contributed by atoms with van der Waals surface area (Å²) in [5, 5.41) is 11.5. The Hall–Kier alpha value is -1.43. The maximum atomic E-state index is 11.7. The fourth-order valence-electron chi connectivity index (χ4n) is 2.26. The van der Waals surface area contributed by atoms with Gasteiger partial charge < -0.3 is 5.11 Å². The number of aliphatic carboxylic acids is 1. The van der Waals surface area contributed by atoms with Gasteiger partial charge in [-0.15, -0.1) is 0 Å². The maximum absolute atomic E-state index is 11.7. The molecule has 1 aliphatic heterocycles. The van der Waals surface area contributed by atoms with Crippen LogP contribution in [0.5, 0.6) is 0 Å². The lowest BCUT2D eigenvalue weighted by Crippen LogP contribution is -2.62. The molecule has 0 radical (unpaired) electrons. The molecule has 18 heavy (non-hydrogen) atoms. The van der Waals surface area contributed by atoms with Crippen molar-refractivity contribution in [3.05, 3.63) is 0 Å². The first-order valence-electron chi connectivity index (χ1n) is 6.33. The summed E-state index contributed by atoms with van der Waals surface area (Å²) in [4.78, 5) is 35.9. The van der Waals surface area contributed by atoms with Crippen molar-refractivity contribution in [2.75, 3.05) is 6.54 Å². The third-order valence-corrected chi connectivity index (χ3v) is 3.19. The SMILES string of the molecule is CCCCC(C(=O)O)N1CC(=O)NC(=O)C1CC. The van der Waals surface area contributed by atoms with Gasteiger partial charge in [-0.2, -0.15) is 0 Å². The van der Waals surface area contributed by atoms with Crippen LogP contribution in [0.1, 0.15) is 39.5 Å². The van der Waals surface area contributed by atoms with Crippen molar-refractivity contribution in [2.45, 2.75) is 51.6 Å². The molecule has 0 bridgehead atoms. The number of carboxylic acid groups (broad SMARTS) is 1. The third-order valence-electron chi connectivity index (χ3n) is 3.19. The van der Waals surface area contributed by atoms with E-state index in [4.69, 9.17) is 0 Å². The summed E-state index contributed by atoms with van der Waals surface area (Å²) in [6.07, 6.45) is 2.60. The van der Waals surface area contributed by atoms with E-state index in [0.717, 1.165) is 12.8 Å². The fraction of sp³-hybridized carbons (Fsp3) is 0.750. The maximum Gasteiger partial charge on any atom is 0.320 e. The summed E-state index contributed by atoms with van der Waals surface area (Å²) in [5.41, 5.74) is 0. The van der Waals surface area contributed by atoms with Gasteiger partial charge in [-0.3, -0.25) is 24.6 Å². The molecule has 1 saturated heterocycles. The lowest BCUT2D eigenvalue weighted by Gasteiger charge is -2.37. The molecule has 0 aromatic heterocycles. The summed E-state index contributed by atoms with van der Waals surface area (Å²) in [5.74, 6) is -1.78. The number of hydrogen-bond donors (Lipinski definition) is 2. The van der Waals surface area contributed by atoms with E-state index in [-0.39, 0.29) is 6.54 Å². The number of hydrogen-bond acceptors (Lipinski definition) is 4. The molecule has 0 aromatic carbocycles. The Morgan fingerprint density at radius 1 is 1.50 bits per heavy atom. The van der Waals surface area contributed by atoms with Crippen molar-refractivity contribution in [3.63, 3.8) is 0 Å². The third kappa shape index (κ3) is 3.29. The highest BCUT2D eigenvalue weighted by Crippen LogP contribution is 2.17. The quantitative estimate of drug-likeness (QED) is 0.670. The highest BCUT2D eigenvalue weighted by molar-refractivity contribution is 6.01. The van der Waals surface area contributed by atoms with Gasteiger partial charge in [-0.25, -0.2) is 0 Å². The summed E-state index contributed by atoms with van der Waals surface area (Å²) < 4.78 is 0. The summed E-state index contributed by atoms with van der Waals surface area (Å²) in [7, 11) is 0. The first-order chi connectivity index (χ1) is 8.51. The fourth-order valence-corrected chi connectivity index (χ4v) is 2.26. The van der Waals surface area contributed by atoms with E-state index >= 15 is 0 Å². The van der Waals surface area contributed by atoms with Crippen molar-refractivity contribution in [1.82, 2.24) is 10.2 Å². The predicted octanol–water partition coefficient (Wildman–Crippen LogP) is 0.367. The molecule has 6 nitrogen and oxygen atoms in total. The summed E-state index contributed by atoms with van der Waals surface area (Å²) >= 11 is 0. The van der Waals surface area contributed by atoms with Crippen LogP contribution in [0.25, 0.3) is 0 Å². The van der Waals surface area contributed by atoms with Crippen LogP contribution < -0.4 is 5.32 Å². The molecule has 2 atom stereocenters. The smallest absolute Gasteiger partial charge is 0.320 e. The van der Waals surface area contributed by atoms with E-state index in [1.54, 1.807) is 0 Å². The van der Waals surface area contributed by atoms with Gasteiger partial charge in [0.15, 0.2) is 0 Å². The van der Waals surface area contributed by atoms with Gasteiger partial charge in [0.05, 0.1) is 12.6 Å². The molecular formula is C12H20N2O4. The van der Waals surface area contributed by atoms with Gasteiger partial charge >= 0.3 is 5.97 Å². The Balaban J connectivity index is 2.88. The molecule has 1 fully saturated rings. The van der Waals surface area contributed by atoms with E-state index in [1.807, 2.05) is 13.8 Å². The zero-order chi connectivity index (χ0) is 13.7.